The normalized spacial score (nSPS) is 17.8. The van der Waals surface area contributed by atoms with Crippen molar-refractivity contribution in [3.63, 3.8) is 0 Å². The smallest absolute Gasteiger partial charge is 0.240 e. The van der Waals surface area contributed by atoms with Gasteiger partial charge in [0.1, 0.15) is 5.41 Å². The van der Waals surface area contributed by atoms with Crippen LogP contribution in [0.25, 0.3) is 0 Å². The molecule has 0 spiro atoms. The van der Waals surface area contributed by atoms with E-state index in [0.717, 1.165) is 19.3 Å². The highest BCUT2D eigenvalue weighted by atomic mass is 16.5. The molecule has 1 aliphatic heterocycles. The molecular weight excluding hydrogens is 216 g/mol. The van der Waals surface area contributed by atoms with Gasteiger partial charge in [-0.3, -0.25) is 4.79 Å². The van der Waals surface area contributed by atoms with Crippen molar-refractivity contribution >= 4 is 5.91 Å². The zero-order valence-electron chi connectivity index (χ0n) is 10.00. The van der Waals surface area contributed by atoms with Crippen LogP contribution in [-0.4, -0.2) is 25.7 Å². The van der Waals surface area contributed by atoms with Crippen molar-refractivity contribution in [1.82, 2.24) is 5.32 Å². The molecule has 1 saturated heterocycles. The summed E-state index contributed by atoms with van der Waals surface area (Å²) >= 11 is 0. The molecule has 0 aromatic heterocycles. The van der Waals surface area contributed by atoms with Crippen LogP contribution >= 0.6 is 0 Å². The Morgan fingerprint density at radius 2 is 2.12 bits per heavy atom. The number of nitriles is 1. The number of rotatable bonds is 5. The fourth-order valence-corrected chi connectivity index (χ4v) is 1.83. The van der Waals surface area contributed by atoms with Crippen molar-refractivity contribution in [2.45, 2.75) is 32.1 Å². The molecule has 4 heteroatoms. The molecule has 0 aliphatic carbocycles. The molecule has 1 N–H and O–H groups in total. The van der Waals surface area contributed by atoms with Crippen LogP contribution in [0.15, 0.2) is 0 Å². The Bertz CT molecular complexity index is 332. The fourth-order valence-electron chi connectivity index (χ4n) is 1.83. The Labute approximate surface area is 102 Å². The predicted molar refractivity (Wildman–Crippen MR) is 63.8 cm³/mol. The Morgan fingerprint density at radius 3 is 2.71 bits per heavy atom. The maximum absolute atomic E-state index is 12.0. The maximum Gasteiger partial charge on any atom is 0.240 e. The molecule has 0 bridgehead atoms. The van der Waals surface area contributed by atoms with Crippen LogP contribution in [0, 0.1) is 29.1 Å². The Kier molecular flexibility index (Phi) is 5.52. The van der Waals surface area contributed by atoms with E-state index in [2.05, 4.69) is 17.3 Å². The summed E-state index contributed by atoms with van der Waals surface area (Å²) < 4.78 is 5.18. The van der Waals surface area contributed by atoms with Gasteiger partial charge in [0.05, 0.1) is 6.07 Å². The monoisotopic (exact) mass is 234 g/mol. The molecule has 1 rings (SSSR count). The van der Waals surface area contributed by atoms with Gasteiger partial charge < -0.3 is 10.1 Å². The topological polar surface area (TPSA) is 62.1 Å². The number of amides is 1. The summed E-state index contributed by atoms with van der Waals surface area (Å²) in [7, 11) is 0. The second-order valence-corrected chi connectivity index (χ2v) is 4.22. The van der Waals surface area contributed by atoms with Gasteiger partial charge in [0.25, 0.3) is 0 Å². The summed E-state index contributed by atoms with van der Waals surface area (Å²) in [5.74, 6) is 2.39. The van der Waals surface area contributed by atoms with Crippen LogP contribution in [0.4, 0.5) is 0 Å². The second kappa shape index (κ2) is 6.93. The third-order valence-corrected chi connectivity index (χ3v) is 3.03. The number of hydrogen-bond donors (Lipinski definition) is 1. The number of nitrogens with zero attached hydrogens (tertiary/aromatic N) is 1. The summed E-state index contributed by atoms with van der Waals surface area (Å²) in [4.78, 5) is 12.0. The standard InChI is InChI=1S/C13H18N2O2/c1-2-3-4-5-8-15-12(16)13(11-14)6-9-17-10-7-13/h1H,3-10H2,(H,15,16). The molecule has 92 valence electrons. The molecule has 4 nitrogen and oxygen atoms in total. The minimum Gasteiger partial charge on any atom is -0.381 e. The molecule has 1 aliphatic rings. The lowest BCUT2D eigenvalue weighted by atomic mass is 9.81. The maximum atomic E-state index is 12.0. The molecule has 0 aromatic carbocycles. The van der Waals surface area contributed by atoms with Crippen molar-refractivity contribution in [2.75, 3.05) is 19.8 Å². The van der Waals surface area contributed by atoms with Gasteiger partial charge in [-0.05, 0) is 25.7 Å². The third-order valence-electron chi connectivity index (χ3n) is 3.03. The average molecular weight is 234 g/mol. The first-order valence-corrected chi connectivity index (χ1v) is 5.96. The van der Waals surface area contributed by atoms with Gasteiger partial charge in [-0.15, -0.1) is 12.3 Å². The van der Waals surface area contributed by atoms with Crippen LogP contribution in [0.2, 0.25) is 0 Å². The molecule has 0 saturated carbocycles. The Hall–Kier alpha value is -1.52. The summed E-state index contributed by atoms with van der Waals surface area (Å²) in [6, 6.07) is 2.14. The summed E-state index contributed by atoms with van der Waals surface area (Å²) in [5, 5.41) is 12.0. The van der Waals surface area contributed by atoms with E-state index in [1.165, 1.54) is 0 Å². The number of hydrogen-bond acceptors (Lipinski definition) is 3. The predicted octanol–water partition coefficient (Wildman–Crippen LogP) is 1.23. The van der Waals surface area contributed by atoms with E-state index >= 15 is 0 Å². The average Bonchev–Trinajstić information content (AvgIpc) is 2.39. The lowest BCUT2D eigenvalue weighted by Gasteiger charge is -2.29. The molecular formula is C13H18N2O2. The summed E-state index contributed by atoms with van der Waals surface area (Å²) in [6.45, 7) is 1.56. The summed E-state index contributed by atoms with van der Waals surface area (Å²) in [5.41, 5.74) is -0.885. The number of nitrogens with one attached hydrogen (secondary N) is 1. The van der Waals surface area contributed by atoms with Crippen molar-refractivity contribution < 1.29 is 9.53 Å². The van der Waals surface area contributed by atoms with Crippen LogP contribution in [0.5, 0.6) is 0 Å². The number of unbranched alkanes of at least 4 members (excludes halogenated alkanes) is 2. The zero-order chi connectivity index (χ0) is 12.6. The van der Waals surface area contributed by atoms with E-state index in [1.807, 2.05) is 0 Å². The molecule has 0 unspecified atom stereocenters. The molecule has 0 aromatic rings. The highest BCUT2D eigenvalue weighted by Crippen LogP contribution is 2.29. The van der Waals surface area contributed by atoms with Gasteiger partial charge in [-0.2, -0.15) is 5.26 Å². The van der Waals surface area contributed by atoms with Crippen LogP contribution < -0.4 is 5.32 Å². The first-order valence-electron chi connectivity index (χ1n) is 5.96. The van der Waals surface area contributed by atoms with Gasteiger partial charge in [0.15, 0.2) is 0 Å². The minimum absolute atomic E-state index is 0.163. The number of terminal acetylenes is 1. The molecule has 0 atom stereocenters. The van der Waals surface area contributed by atoms with E-state index in [9.17, 15) is 4.79 Å². The molecule has 1 amide bonds. The van der Waals surface area contributed by atoms with Crippen molar-refractivity contribution in [2.24, 2.45) is 5.41 Å². The van der Waals surface area contributed by atoms with E-state index in [0.29, 0.717) is 32.6 Å². The highest BCUT2D eigenvalue weighted by molar-refractivity contribution is 5.85. The van der Waals surface area contributed by atoms with Crippen molar-refractivity contribution in [3.8, 4) is 18.4 Å². The number of carbonyl (C=O) groups is 1. The first kappa shape index (κ1) is 13.5. The van der Waals surface area contributed by atoms with Crippen molar-refractivity contribution in [3.05, 3.63) is 0 Å². The molecule has 1 fully saturated rings. The van der Waals surface area contributed by atoms with Crippen LogP contribution in [0.1, 0.15) is 32.1 Å². The van der Waals surface area contributed by atoms with E-state index in [4.69, 9.17) is 16.4 Å². The molecule has 0 radical (unpaired) electrons. The van der Waals surface area contributed by atoms with Crippen molar-refractivity contribution in [1.29, 1.82) is 5.26 Å². The lowest BCUT2D eigenvalue weighted by Crippen LogP contribution is -2.44. The van der Waals surface area contributed by atoms with Crippen LogP contribution in [0.3, 0.4) is 0 Å². The fraction of sp³-hybridized carbons (Fsp3) is 0.692. The van der Waals surface area contributed by atoms with Gasteiger partial charge in [0, 0.05) is 26.2 Å². The van der Waals surface area contributed by atoms with Gasteiger partial charge >= 0.3 is 0 Å². The van der Waals surface area contributed by atoms with E-state index in [-0.39, 0.29) is 5.91 Å². The Morgan fingerprint density at radius 1 is 1.41 bits per heavy atom. The summed E-state index contributed by atoms with van der Waals surface area (Å²) in [6.07, 6.45) is 8.59. The van der Waals surface area contributed by atoms with Gasteiger partial charge in [-0.1, -0.05) is 0 Å². The van der Waals surface area contributed by atoms with Gasteiger partial charge in [-0.25, -0.2) is 0 Å². The SMILES string of the molecule is C#CCCCCNC(=O)C1(C#N)CCOCC1. The Balaban J connectivity index is 2.35. The molecule has 17 heavy (non-hydrogen) atoms. The first-order chi connectivity index (χ1) is 8.25. The second-order valence-electron chi connectivity index (χ2n) is 4.22. The number of carbonyl (C=O) groups excluding carboxylic acids is 1. The lowest BCUT2D eigenvalue weighted by molar-refractivity contribution is -0.132. The highest BCUT2D eigenvalue weighted by Gasteiger charge is 2.40. The van der Waals surface area contributed by atoms with E-state index in [1.54, 1.807) is 0 Å². The van der Waals surface area contributed by atoms with Gasteiger partial charge in [0.2, 0.25) is 5.91 Å². The third kappa shape index (κ3) is 3.76. The zero-order valence-corrected chi connectivity index (χ0v) is 10.00. The largest absolute Gasteiger partial charge is 0.381 e. The molecule has 1 heterocycles. The quantitative estimate of drug-likeness (QED) is 0.575. The van der Waals surface area contributed by atoms with Crippen LogP contribution in [-0.2, 0) is 9.53 Å². The van der Waals surface area contributed by atoms with E-state index < -0.39 is 5.41 Å². The minimum atomic E-state index is -0.885. The number of ether oxygens (including phenoxy) is 1.